The highest BCUT2D eigenvalue weighted by molar-refractivity contribution is 6.18. The van der Waals surface area contributed by atoms with Gasteiger partial charge in [0.15, 0.2) is 0 Å². The summed E-state index contributed by atoms with van der Waals surface area (Å²) in [4.78, 5) is 14.0. The lowest BCUT2D eigenvalue weighted by atomic mass is 10.1. The number of amides is 1. The number of alkyl halides is 1. The summed E-state index contributed by atoms with van der Waals surface area (Å²) in [6.45, 7) is 0.744. The predicted octanol–water partition coefficient (Wildman–Crippen LogP) is 3.85. The summed E-state index contributed by atoms with van der Waals surface area (Å²) in [6.07, 6.45) is 1.53. The smallest absolute Gasteiger partial charge is 0.227 e. The first kappa shape index (κ1) is 12.9. The molecule has 0 saturated carbocycles. The first-order chi connectivity index (χ1) is 10.3. The molecular formula is C18H16ClNO. The van der Waals surface area contributed by atoms with E-state index in [-0.39, 0.29) is 11.8 Å². The van der Waals surface area contributed by atoms with Crippen LogP contribution < -0.4 is 4.90 Å². The Kier molecular flexibility index (Phi) is 3.00. The standard InChI is InChI=1S/C18H16ClNO/c19-10-12-7-18(21)20(11-12)15-5-6-17-14(9-15)8-13-3-1-2-4-16(13)17/h1-6,9,12H,7-8,10-11H2. The van der Waals surface area contributed by atoms with Crippen LogP contribution in [0.25, 0.3) is 11.1 Å². The van der Waals surface area contributed by atoms with E-state index in [1.165, 1.54) is 22.3 Å². The molecule has 1 fully saturated rings. The van der Waals surface area contributed by atoms with Gasteiger partial charge in [-0.2, -0.15) is 0 Å². The van der Waals surface area contributed by atoms with Crippen LogP contribution in [0.4, 0.5) is 5.69 Å². The summed E-state index contributed by atoms with van der Waals surface area (Å²) >= 11 is 5.90. The van der Waals surface area contributed by atoms with Crippen molar-refractivity contribution in [1.82, 2.24) is 0 Å². The van der Waals surface area contributed by atoms with Crippen molar-refractivity contribution in [2.75, 3.05) is 17.3 Å². The maximum absolute atomic E-state index is 12.1. The molecule has 21 heavy (non-hydrogen) atoms. The molecule has 1 heterocycles. The lowest BCUT2D eigenvalue weighted by molar-refractivity contribution is -0.117. The van der Waals surface area contributed by atoms with Crippen LogP contribution in [0.3, 0.4) is 0 Å². The third-order valence-electron chi connectivity index (χ3n) is 4.51. The molecule has 1 saturated heterocycles. The zero-order valence-electron chi connectivity index (χ0n) is 11.7. The first-order valence-corrected chi connectivity index (χ1v) is 7.87. The van der Waals surface area contributed by atoms with E-state index in [1.807, 2.05) is 4.90 Å². The van der Waals surface area contributed by atoms with E-state index in [9.17, 15) is 4.79 Å². The molecule has 1 amide bonds. The van der Waals surface area contributed by atoms with Gasteiger partial charge in [0.2, 0.25) is 5.91 Å². The van der Waals surface area contributed by atoms with Crippen LogP contribution >= 0.6 is 11.6 Å². The second-order valence-corrected chi connectivity index (χ2v) is 6.21. The minimum absolute atomic E-state index is 0.191. The van der Waals surface area contributed by atoms with Crippen molar-refractivity contribution in [3.63, 3.8) is 0 Å². The van der Waals surface area contributed by atoms with Crippen molar-refractivity contribution in [1.29, 1.82) is 0 Å². The number of anilines is 1. The Labute approximate surface area is 129 Å². The Morgan fingerprint density at radius 3 is 2.71 bits per heavy atom. The van der Waals surface area contributed by atoms with Crippen LogP contribution in [0.2, 0.25) is 0 Å². The van der Waals surface area contributed by atoms with Crippen LogP contribution in [-0.4, -0.2) is 18.3 Å². The minimum Gasteiger partial charge on any atom is -0.312 e. The van der Waals surface area contributed by atoms with Crippen LogP contribution in [-0.2, 0) is 11.2 Å². The molecule has 0 spiro atoms. The molecular weight excluding hydrogens is 282 g/mol. The molecule has 2 aliphatic rings. The van der Waals surface area contributed by atoms with Crippen molar-refractivity contribution < 1.29 is 4.79 Å². The Morgan fingerprint density at radius 1 is 1.10 bits per heavy atom. The number of hydrogen-bond acceptors (Lipinski definition) is 1. The van der Waals surface area contributed by atoms with Gasteiger partial charge in [-0.15, -0.1) is 11.6 Å². The summed E-state index contributed by atoms with van der Waals surface area (Å²) < 4.78 is 0. The van der Waals surface area contributed by atoms with Gasteiger partial charge in [-0.1, -0.05) is 30.3 Å². The van der Waals surface area contributed by atoms with Gasteiger partial charge >= 0.3 is 0 Å². The number of hydrogen-bond donors (Lipinski definition) is 0. The average Bonchev–Trinajstić information content (AvgIpc) is 3.06. The number of halogens is 1. The Hall–Kier alpha value is -1.80. The third kappa shape index (κ3) is 2.06. The number of carbonyl (C=O) groups excluding carboxylic acids is 1. The number of rotatable bonds is 2. The molecule has 2 nitrogen and oxygen atoms in total. The molecule has 1 aliphatic carbocycles. The molecule has 0 N–H and O–H groups in total. The second-order valence-electron chi connectivity index (χ2n) is 5.90. The SMILES string of the molecule is O=C1CC(CCl)CN1c1ccc2c(c1)Cc1ccccc1-2. The predicted molar refractivity (Wildman–Crippen MR) is 85.9 cm³/mol. The molecule has 1 unspecified atom stereocenters. The van der Waals surface area contributed by atoms with Gasteiger partial charge in [-0.25, -0.2) is 0 Å². The molecule has 2 aromatic rings. The molecule has 0 bridgehead atoms. The zero-order valence-corrected chi connectivity index (χ0v) is 12.4. The topological polar surface area (TPSA) is 20.3 Å². The van der Waals surface area contributed by atoms with Gasteiger partial charge in [0.25, 0.3) is 0 Å². The summed E-state index contributed by atoms with van der Waals surface area (Å²) in [5, 5.41) is 0. The molecule has 0 radical (unpaired) electrons. The van der Waals surface area contributed by atoms with Crippen LogP contribution in [0, 0.1) is 5.92 Å². The number of carbonyl (C=O) groups is 1. The second kappa shape index (κ2) is 4.88. The third-order valence-corrected chi connectivity index (χ3v) is 4.95. The minimum atomic E-state index is 0.191. The summed E-state index contributed by atoms with van der Waals surface area (Å²) in [6, 6.07) is 14.9. The van der Waals surface area contributed by atoms with E-state index in [0.29, 0.717) is 12.3 Å². The fourth-order valence-corrected chi connectivity index (χ4v) is 3.64. The summed E-state index contributed by atoms with van der Waals surface area (Å²) in [5.41, 5.74) is 6.33. The fourth-order valence-electron chi connectivity index (χ4n) is 3.43. The van der Waals surface area contributed by atoms with Gasteiger partial charge in [-0.05, 0) is 46.7 Å². The molecule has 106 valence electrons. The van der Waals surface area contributed by atoms with E-state index in [1.54, 1.807) is 0 Å². The highest BCUT2D eigenvalue weighted by Gasteiger charge is 2.30. The molecule has 1 atom stereocenters. The van der Waals surface area contributed by atoms with E-state index in [4.69, 9.17) is 11.6 Å². The number of benzene rings is 2. The summed E-state index contributed by atoms with van der Waals surface area (Å²) in [7, 11) is 0. The lowest BCUT2D eigenvalue weighted by Gasteiger charge is -2.17. The van der Waals surface area contributed by atoms with Gasteiger partial charge in [0.1, 0.15) is 0 Å². The first-order valence-electron chi connectivity index (χ1n) is 7.34. The van der Waals surface area contributed by atoms with Crippen molar-refractivity contribution in [2.45, 2.75) is 12.8 Å². The molecule has 1 aliphatic heterocycles. The molecule has 0 aromatic heterocycles. The maximum atomic E-state index is 12.1. The van der Waals surface area contributed by atoms with E-state index >= 15 is 0 Å². The van der Waals surface area contributed by atoms with Crippen molar-refractivity contribution in [3.8, 4) is 11.1 Å². The number of nitrogens with zero attached hydrogens (tertiary/aromatic N) is 1. The number of fused-ring (bicyclic) bond motifs is 3. The van der Waals surface area contributed by atoms with Crippen molar-refractivity contribution in [2.24, 2.45) is 5.92 Å². The molecule has 2 aromatic carbocycles. The van der Waals surface area contributed by atoms with Crippen LogP contribution in [0.5, 0.6) is 0 Å². The van der Waals surface area contributed by atoms with Gasteiger partial charge < -0.3 is 4.90 Å². The van der Waals surface area contributed by atoms with Gasteiger partial charge in [-0.3, -0.25) is 4.79 Å². The normalized spacial score (nSPS) is 19.8. The van der Waals surface area contributed by atoms with Gasteiger partial charge in [0.05, 0.1) is 0 Å². The van der Waals surface area contributed by atoms with Crippen LogP contribution in [0.15, 0.2) is 42.5 Å². The Bertz CT molecular complexity index is 725. The van der Waals surface area contributed by atoms with E-state index in [0.717, 1.165) is 18.7 Å². The largest absolute Gasteiger partial charge is 0.312 e. The monoisotopic (exact) mass is 297 g/mol. The molecule has 3 heteroatoms. The highest BCUT2D eigenvalue weighted by Crippen LogP contribution is 2.39. The zero-order chi connectivity index (χ0) is 14.4. The Balaban J connectivity index is 1.69. The van der Waals surface area contributed by atoms with E-state index < -0.39 is 0 Å². The van der Waals surface area contributed by atoms with Crippen molar-refractivity contribution >= 4 is 23.2 Å². The lowest BCUT2D eigenvalue weighted by Crippen LogP contribution is -2.24. The fraction of sp³-hybridized carbons (Fsp3) is 0.278. The van der Waals surface area contributed by atoms with E-state index in [2.05, 4.69) is 42.5 Å². The van der Waals surface area contributed by atoms with Crippen molar-refractivity contribution in [3.05, 3.63) is 53.6 Å². The summed E-state index contributed by atoms with van der Waals surface area (Å²) in [5.74, 6) is 1.03. The van der Waals surface area contributed by atoms with Crippen LogP contribution in [0.1, 0.15) is 17.5 Å². The molecule has 4 rings (SSSR count). The Morgan fingerprint density at radius 2 is 1.90 bits per heavy atom. The van der Waals surface area contributed by atoms with Gasteiger partial charge in [0, 0.05) is 24.5 Å². The highest BCUT2D eigenvalue weighted by atomic mass is 35.5. The maximum Gasteiger partial charge on any atom is 0.227 e. The average molecular weight is 298 g/mol. The quantitative estimate of drug-likeness (QED) is 0.658.